The second kappa shape index (κ2) is 2.29. The number of nitrogens with zero attached hydrogens (tertiary/aromatic N) is 2. The lowest BCUT2D eigenvalue weighted by atomic mass is 10.5. The van der Waals surface area contributed by atoms with Crippen LogP contribution in [0.4, 0.5) is 0 Å². The molecule has 1 atom stereocenters. The Hall–Kier alpha value is 0.0800. The van der Waals surface area contributed by atoms with Crippen molar-refractivity contribution in [1.29, 1.82) is 0 Å². The Morgan fingerprint density at radius 3 is 3.20 bits per heavy atom. The Balaban J connectivity index is 2.98. The fraction of sp³-hybridized carbons (Fsp3) is 0. The first-order valence-electron chi connectivity index (χ1n) is 2.66. The van der Waals surface area contributed by atoms with Crippen LogP contribution in [0.1, 0.15) is 0 Å². The second-order valence-corrected chi connectivity index (χ2v) is 4.01. The summed E-state index contributed by atoms with van der Waals surface area (Å²) in [5.74, 6) is 0. The van der Waals surface area contributed by atoms with Crippen LogP contribution in [-0.4, -0.2) is 9.55 Å². The zero-order valence-electron chi connectivity index (χ0n) is 4.91. The highest BCUT2D eigenvalue weighted by molar-refractivity contribution is 9.10. The summed E-state index contributed by atoms with van der Waals surface area (Å²) in [5, 5.41) is 7.39. The van der Waals surface area contributed by atoms with Gasteiger partial charge in [0.15, 0.2) is 0 Å². The molecule has 0 fully saturated rings. The van der Waals surface area contributed by atoms with Crippen molar-refractivity contribution in [2.24, 2.45) is 0 Å². The maximum atomic E-state index is 4.16. The summed E-state index contributed by atoms with van der Waals surface area (Å²) >= 11 is 5.04. The van der Waals surface area contributed by atoms with Gasteiger partial charge in [-0.1, -0.05) is 0 Å². The van der Waals surface area contributed by atoms with Crippen LogP contribution in [0.2, 0.25) is 0 Å². The Bertz CT molecular complexity index is 335. The third-order valence-electron chi connectivity index (χ3n) is 1.27. The van der Waals surface area contributed by atoms with Gasteiger partial charge in [0, 0.05) is 5.39 Å². The molecule has 0 aliphatic rings. The van der Waals surface area contributed by atoms with E-state index in [4.69, 9.17) is 0 Å². The van der Waals surface area contributed by atoms with E-state index in [0.29, 0.717) is 0 Å². The van der Waals surface area contributed by atoms with Crippen molar-refractivity contribution in [3.8, 4) is 0 Å². The largest absolute Gasteiger partial charge is 0.239 e. The van der Waals surface area contributed by atoms with Gasteiger partial charge in [0.1, 0.15) is 9.43 Å². The highest BCUT2D eigenvalue weighted by atomic mass is 79.9. The van der Waals surface area contributed by atoms with Crippen LogP contribution >= 0.6 is 36.7 Å². The molecule has 0 aromatic carbocycles. The smallest absolute Gasteiger partial charge is 0.137 e. The molecule has 2 aromatic rings. The molecular weight excluding hydrogens is 231 g/mol. The van der Waals surface area contributed by atoms with Crippen LogP contribution in [0.25, 0.3) is 10.2 Å². The number of thiophene rings is 1. The van der Waals surface area contributed by atoms with E-state index >= 15 is 0 Å². The summed E-state index contributed by atoms with van der Waals surface area (Å²) in [4.78, 5) is 1.18. The number of rotatable bonds is 0. The summed E-state index contributed by atoms with van der Waals surface area (Å²) in [6.07, 6.45) is 0. The number of aromatic nitrogens is 2. The molecule has 2 aromatic heterocycles. The monoisotopic (exact) mass is 234 g/mol. The van der Waals surface area contributed by atoms with Crippen molar-refractivity contribution in [2.45, 2.75) is 0 Å². The Kier molecular flexibility index (Phi) is 1.55. The van der Waals surface area contributed by atoms with Crippen LogP contribution < -0.4 is 0 Å². The molecule has 2 nitrogen and oxygen atoms in total. The number of halogens is 1. The molecule has 52 valence electrons. The minimum atomic E-state index is 0.916. The standard InChI is InChI=1S/C5H4BrN2PS/c6-4-3-1-2-10-5(3)8(9)7-4/h1-2H,9H2. The van der Waals surface area contributed by atoms with E-state index in [1.54, 1.807) is 15.8 Å². The predicted molar refractivity (Wildman–Crippen MR) is 50.4 cm³/mol. The van der Waals surface area contributed by atoms with Gasteiger partial charge >= 0.3 is 0 Å². The van der Waals surface area contributed by atoms with Crippen LogP contribution in [0.5, 0.6) is 0 Å². The van der Waals surface area contributed by atoms with Gasteiger partial charge in [0.05, 0.1) is 0 Å². The van der Waals surface area contributed by atoms with Gasteiger partial charge in [0.2, 0.25) is 0 Å². The van der Waals surface area contributed by atoms with Crippen LogP contribution in [0.15, 0.2) is 16.0 Å². The molecule has 5 heteroatoms. The molecule has 10 heavy (non-hydrogen) atoms. The van der Waals surface area contributed by atoms with Crippen LogP contribution in [0, 0.1) is 0 Å². The van der Waals surface area contributed by atoms with E-state index in [1.165, 1.54) is 10.2 Å². The molecule has 0 spiro atoms. The average molecular weight is 235 g/mol. The lowest BCUT2D eigenvalue weighted by molar-refractivity contribution is 1.03. The first kappa shape index (κ1) is 6.77. The first-order valence-corrected chi connectivity index (χ1v) is 4.85. The van der Waals surface area contributed by atoms with Gasteiger partial charge in [-0.25, -0.2) is 4.45 Å². The van der Waals surface area contributed by atoms with E-state index in [0.717, 1.165) is 4.60 Å². The molecule has 0 aliphatic heterocycles. The maximum Gasteiger partial charge on any atom is 0.137 e. The fourth-order valence-electron chi connectivity index (χ4n) is 0.830. The van der Waals surface area contributed by atoms with Gasteiger partial charge in [-0.2, -0.15) is 5.10 Å². The molecule has 0 radical (unpaired) electrons. The molecule has 0 N–H and O–H groups in total. The third kappa shape index (κ3) is 0.831. The van der Waals surface area contributed by atoms with E-state index in [1.807, 2.05) is 0 Å². The Labute approximate surface area is 72.6 Å². The van der Waals surface area contributed by atoms with Gasteiger partial charge in [0.25, 0.3) is 0 Å². The predicted octanol–water partition coefficient (Wildman–Crippen LogP) is 2.50. The van der Waals surface area contributed by atoms with Crippen molar-refractivity contribution in [1.82, 2.24) is 9.55 Å². The molecule has 2 rings (SSSR count). The summed E-state index contributed by atoms with van der Waals surface area (Å²) in [5.41, 5.74) is 0. The zero-order chi connectivity index (χ0) is 7.14. The molecule has 1 unspecified atom stereocenters. The quantitative estimate of drug-likeness (QED) is 0.641. The SMILES string of the molecule is Pn1nc(Br)c2ccsc21. The van der Waals surface area contributed by atoms with Crippen molar-refractivity contribution in [2.75, 3.05) is 0 Å². The van der Waals surface area contributed by atoms with Gasteiger partial charge in [-0.05, 0) is 36.8 Å². The summed E-state index contributed by atoms with van der Waals surface area (Å²) in [7, 11) is 2.54. The zero-order valence-corrected chi connectivity index (χ0v) is 8.47. The molecule has 0 aliphatic carbocycles. The number of hydrogen-bond donors (Lipinski definition) is 0. The molecule has 0 saturated carbocycles. The van der Waals surface area contributed by atoms with E-state index in [9.17, 15) is 0 Å². The third-order valence-corrected chi connectivity index (χ3v) is 3.32. The number of hydrogen-bond acceptors (Lipinski definition) is 2. The number of fused-ring (bicyclic) bond motifs is 1. The van der Waals surface area contributed by atoms with Crippen molar-refractivity contribution in [3.05, 3.63) is 16.0 Å². The lowest BCUT2D eigenvalue weighted by Gasteiger charge is -1.83. The van der Waals surface area contributed by atoms with Crippen LogP contribution in [0.3, 0.4) is 0 Å². The summed E-state index contributed by atoms with van der Waals surface area (Å²) < 4.78 is 2.71. The van der Waals surface area contributed by atoms with Gasteiger partial charge < -0.3 is 0 Å². The normalized spacial score (nSPS) is 11.0. The Morgan fingerprint density at radius 2 is 2.50 bits per heavy atom. The minimum absolute atomic E-state index is 0.916. The summed E-state index contributed by atoms with van der Waals surface area (Å²) in [6, 6.07) is 2.05. The Morgan fingerprint density at radius 1 is 1.70 bits per heavy atom. The molecule has 0 saturated heterocycles. The minimum Gasteiger partial charge on any atom is -0.239 e. The maximum absolute atomic E-state index is 4.16. The van der Waals surface area contributed by atoms with E-state index < -0.39 is 0 Å². The molecular formula is C5H4BrN2PS. The average Bonchev–Trinajstić information content (AvgIpc) is 2.39. The summed E-state index contributed by atoms with van der Waals surface area (Å²) in [6.45, 7) is 0. The molecule has 0 bridgehead atoms. The highest BCUT2D eigenvalue weighted by Gasteiger charge is 2.05. The highest BCUT2D eigenvalue weighted by Crippen LogP contribution is 2.28. The lowest BCUT2D eigenvalue weighted by Crippen LogP contribution is -1.76. The first-order chi connectivity index (χ1) is 4.79. The van der Waals surface area contributed by atoms with E-state index in [2.05, 4.69) is 41.9 Å². The molecule has 2 heterocycles. The second-order valence-electron chi connectivity index (χ2n) is 1.87. The van der Waals surface area contributed by atoms with Crippen molar-refractivity contribution in [3.63, 3.8) is 0 Å². The topological polar surface area (TPSA) is 17.8 Å². The van der Waals surface area contributed by atoms with Crippen molar-refractivity contribution < 1.29 is 0 Å². The molecule has 0 amide bonds. The van der Waals surface area contributed by atoms with Gasteiger partial charge in [-0.15, -0.1) is 11.3 Å². The van der Waals surface area contributed by atoms with Gasteiger partial charge in [-0.3, -0.25) is 0 Å². The van der Waals surface area contributed by atoms with Crippen LogP contribution in [-0.2, 0) is 0 Å². The fourth-order valence-corrected chi connectivity index (χ4v) is 2.83. The van der Waals surface area contributed by atoms with E-state index in [-0.39, 0.29) is 0 Å². The van der Waals surface area contributed by atoms with Crippen molar-refractivity contribution >= 4 is 46.9 Å².